The van der Waals surface area contributed by atoms with Crippen molar-refractivity contribution in [2.75, 3.05) is 0 Å². The summed E-state index contributed by atoms with van der Waals surface area (Å²) in [5.74, 6) is 0. The predicted molar refractivity (Wildman–Crippen MR) is 27.0 cm³/mol. The summed E-state index contributed by atoms with van der Waals surface area (Å²) in [6, 6.07) is 0. The largest absolute Gasteiger partial charge is 2.00 e. The van der Waals surface area contributed by atoms with E-state index in [0.29, 0.717) is 0 Å². The summed E-state index contributed by atoms with van der Waals surface area (Å²) < 4.78 is 40.1. The van der Waals surface area contributed by atoms with Crippen LogP contribution in [0.4, 0.5) is 0 Å². The third kappa shape index (κ3) is 1820. The van der Waals surface area contributed by atoms with Gasteiger partial charge in [0.1, 0.15) is 0 Å². The molecule has 0 unspecified atom stereocenters. The molecule has 0 fully saturated rings. The van der Waals surface area contributed by atoms with Crippen molar-refractivity contribution < 1.29 is 83.2 Å². The molecule has 0 bridgehead atoms. The fraction of sp³-hybridized carbons (Fsp3) is 0. The van der Waals surface area contributed by atoms with E-state index in [-0.39, 0.29) is 35.9 Å². The maximum absolute atomic E-state index is 8.74. The topological polar surface area (TPSA) is 201 Å². The molecule has 0 aromatic carbocycles. The second-order valence-corrected chi connectivity index (χ2v) is 2.69. The fourth-order valence-electron chi connectivity index (χ4n) is 0. The summed E-state index contributed by atoms with van der Waals surface area (Å²) in [5, 5.41) is 12.0. The van der Waals surface area contributed by atoms with Crippen LogP contribution in [-0.2, 0) is 32.0 Å². The van der Waals surface area contributed by atoms with Gasteiger partial charge in [-0.15, -0.1) is 0 Å². The molecule has 0 aliphatic heterocycles. The SMILES string of the molecule is O=P([O-])([O-])[O-].O=S(=O)(O)O.OO.[Fe+2].[Li+]. The summed E-state index contributed by atoms with van der Waals surface area (Å²) in [5.41, 5.74) is 0. The first-order valence-corrected chi connectivity index (χ1v) is 4.49. The normalized spacial score (nSPS) is 8.79. The van der Waals surface area contributed by atoms with E-state index in [1.807, 2.05) is 0 Å². The van der Waals surface area contributed by atoms with E-state index in [2.05, 4.69) is 0 Å². The molecule has 0 spiro atoms. The number of rotatable bonds is 0. The molecule has 84 valence electrons. The van der Waals surface area contributed by atoms with Gasteiger partial charge in [0.25, 0.3) is 0 Å². The van der Waals surface area contributed by atoms with Gasteiger partial charge in [0, 0.05) is 0 Å². The summed E-state index contributed by atoms with van der Waals surface area (Å²) in [7, 11) is -10.1. The number of phosphoric acid groups is 1. The smallest absolute Gasteiger partial charge is 0.822 e. The van der Waals surface area contributed by atoms with Crippen molar-refractivity contribution >= 4 is 18.2 Å². The van der Waals surface area contributed by atoms with Crippen molar-refractivity contribution in [2.24, 2.45) is 0 Å². The molecule has 0 rings (SSSR count). The summed E-state index contributed by atoms with van der Waals surface area (Å²) in [4.78, 5) is 25.6. The molecule has 0 aliphatic carbocycles. The molecule has 0 heterocycles. The molecule has 0 amide bonds. The van der Waals surface area contributed by atoms with E-state index in [0.717, 1.165) is 0 Å². The molecular formula is H4FeLiO10PS. The van der Waals surface area contributed by atoms with Crippen LogP contribution >= 0.6 is 7.82 Å². The predicted octanol–water partition coefficient (Wildman–Crippen LogP) is -6.46. The Kier molecular flexibility index (Phi) is 29.4. The maximum atomic E-state index is 8.74. The van der Waals surface area contributed by atoms with Crippen LogP contribution in [0.1, 0.15) is 0 Å². The third-order valence-electron chi connectivity index (χ3n) is 0. The van der Waals surface area contributed by atoms with Crippen molar-refractivity contribution in [3.05, 3.63) is 0 Å². The van der Waals surface area contributed by atoms with Gasteiger partial charge in [-0.2, -0.15) is 16.2 Å². The van der Waals surface area contributed by atoms with E-state index in [1.165, 1.54) is 0 Å². The van der Waals surface area contributed by atoms with Crippen LogP contribution in [0.3, 0.4) is 0 Å². The van der Waals surface area contributed by atoms with Crippen LogP contribution in [0.5, 0.6) is 0 Å². The zero-order chi connectivity index (χ0) is 11.0. The van der Waals surface area contributed by atoms with Gasteiger partial charge in [-0.25, -0.2) is 0 Å². The second kappa shape index (κ2) is 14.0. The van der Waals surface area contributed by atoms with E-state index in [4.69, 9.17) is 47.3 Å². The van der Waals surface area contributed by atoms with Crippen molar-refractivity contribution in [3.63, 3.8) is 0 Å². The van der Waals surface area contributed by atoms with Gasteiger partial charge >= 0.3 is 46.3 Å². The monoisotopic (exact) mass is 290 g/mol. The summed E-state index contributed by atoms with van der Waals surface area (Å²) in [6.07, 6.45) is 0. The Balaban J connectivity index is -0.0000000292. The Morgan fingerprint density at radius 2 is 1.00 bits per heavy atom. The minimum Gasteiger partial charge on any atom is -0.822 e. The van der Waals surface area contributed by atoms with Gasteiger partial charge in [0.15, 0.2) is 0 Å². The average molecular weight is 290 g/mol. The third-order valence-corrected chi connectivity index (χ3v) is 0. The van der Waals surface area contributed by atoms with Crippen LogP contribution in [0.15, 0.2) is 0 Å². The minimum atomic E-state index is -5.39. The molecule has 14 heavy (non-hydrogen) atoms. The Bertz CT molecular complexity index is 198. The van der Waals surface area contributed by atoms with E-state index >= 15 is 0 Å². The van der Waals surface area contributed by atoms with Gasteiger partial charge in [-0.3, -0.25) is 19.6 Å². The van der Waals surface area contributed by atoms with Crippen LogP contribution in [-0.4, -0.2) is 28.0 Å². The van der Waals surface area contributed by atoms with E-state index < -0.39 is 18.2 Å². The summed E-state index contributed by atoms with van der Waals surface area (Å²) in [6.45, 7) is 0. The standard InChI is InChI=1S/Fe.Li.H3O4P.H2O4S.H2O2/c;;2*1-5(2,3)4;1-2/h;;(H3,1,2,3,4);(H2,1,2,3,4);1-2H/q+2;+1;;;/p-3. The van der Waals surface area contributed by atoms with Crippen molar-refractivity contribution in [2.45, 2.75) is 0 Å². The molecule has 0 aromatic rings. The molecule has 0 saturated carbocycles. The van der Waals surface area contributed by atoms with Gasteiger partial charge in [0.05, 0.1) is 0 Å². The first kappa shape index (κ1) is 29.4. The molecule has 0 aliphatic rings. The summed E-state index contributed by atoms with van der Waals surface area (Å²) >= 11 is 0. The maximum Gasteiger partial charge on any atom is 2.00 e. The molecule has 0 aromatic heterocycles. The van der Waals surface area contributed by atoms with Gasteiger partial charge in [-0.1, -0.05) is 0 Å². The molecule has 14 heteroatoms. The number of hydrogen-bond acceptors (Lipinski definition) is 8. The number of hydrogen-bond donors (Lipinski definition) is 4. The minimum absolute atomic E-state index is 0. The zero-order valence-corrected chi connectivity index (χ0v) is 9.26. The zero-order valence-electron chi connectivity index (χ0n) is 6.45. The Morgan fingerprint density at radius 3 is 1.00 bits per heavy atom. The van der Waals surface area contributed by atoms with Crippen molar-refractivity contribution in [1.29, 1.82) is 0 Å². The average Bonchev–Trinajstić information content (AvgIpc) is 1.59. The van der Waals surface area contributed by atoms with Crippen LogP contribution < -0.4 is 33.5 Å². The van der Waals surface area contributed by atoms with Crippen molar-refractivity contribution in [1.82, 2.24) is 0 Å². The molecule has 10 nitrogen and oxygen atoms in total. The van der Waals surface area contributed by atoms with Gasteiger partial charge in [0.2, 0.25) is 0 Å². The van der Waals surface area contributed by atoms with Gasteiger partial charge < -0.3 is 19.2 Å². The van der Waals surface area contributed by atoms with Crippen LogP contribution in [0, 0.1) is 0 Å². The molecule has 0 atom stereocenters. The second-order valence-electron chi connectivity index (χ2n) is 0.895. The molecule has 4 N–H and O–H groups in total. The molecule has 0 saturated heterocycles. The Morgan fingerprint density at radius 1 is 1.00 bits per heavy atom. The first-order valence-electron chi connectivity index (χ1n) is 1.63. The Hall–Kier alpha value is 1.02. The van der Waals surface area contributed by atoms with E-state index in [9.17, 15) is 0 Å². The molecule has 0 radical (unpaired) electrons. The van der Waals surface area contributed by atoms with Crippen LogP contribution in [0.2, 0.25) is 0 Å². The van der Waals surface area contributed by atoms with Crippen LogP contribution in [0.25, 0.3) is 0 Å². The first-order chi connectivity index (χ1) is 5.00. The fourth-order valence-corrected chi connectivity index (χ4v) is 0. The Labute approximate surface area is 101 Å². The van der Waals surface area contributed by atoms with E-state index in [1.54, 1.807) is 0 Å². The quantitative estimate of drug-likeness (QED) is 0.109. The van der Waals surface area contributed by atoms with Crippen molar-refractivity contribution in [3.8, 4) is 0 Å². The molecular weight excluding hydrogens is 286 g/mol. The van der Waals surface area contributed by atoms with Gasteiger partial charge in [-0.05, 0) is 0 Å².